The highest BCUT2D eigenvalue weighted by Gasteiger charge is 2.65. The van der Waals surface area contributed by atoms with Crippen molar-refractivity contribution in [3.8, 4) is 6.07 Å². The second-order valence-corrected chi connectivity index (χ2v) is 7.51. The van der Waals surface area contributed by atoms with Crippen LogP contribution in [-0.2, 0) is 9.59 Å². The van der Waals surface area contributed by atoms with Crippen LogP contribution in [0.2, 0.25) is 5.02 Å². The molecule has 28 heavy (non-hydrogen) atoms. The van der Waals surface area contributed by atoms with Gasteiger partial charge >= 0.3 is 0 Å². The fourth-order valence-electron chi connectivity index (χ4n) is 4.56. The standard InChI is InChI=1S/C21H17ClN4O2/c1-12(27)19-18(13-6-8-25-9-7-13)21(11-23,20(24)28)17-5-2-14-10-15(22)3-4-16(14)26(17)19/h2-10,17-19H,1H3,(H2,24,28)/t17-,18+,19+,21+/m1/s1. The summed E-state index contributed by atoms with van der Waals surface area (Å²) in [5, 5.41) is 10.8. The van der Waals surface area contributed by atoms with E-state index in [0.717, 1.165) is 11.3 Å². The number of primary amides is 1. The van der Waals surface area contributed by atoms with Gasteiger partial charge in [-0.3, -0.25) is 14.6 Å². The van der Waals surface area contributed by atoms with Crippen molar-refractivity contribution in [3.05, 3.63) is 65.0 Å². The van der Waals surface area contributed by atoms with E-state index in [1.165, 1.54) is 6.92 Å². The van der Waals surface area contributed by atoms with Gasteiger partial charge in [0.05, 0.1) is 18.2 Å². The van der Waals surface area contributed by atoms with Crippen molar-refractivity contribution < 1.29 is 9.59 Å². The molecule has 1 saturated heterocycles. The maximum Gasteiger partial charge on any atom is 0.241 e. The fraction of sp³-hybridized carbons (Fsp3) is 0.238. The third-order valence-electron chi connectivity index (χ3n) is 5.67. The molecule has 1 fully saturated rings. The largest absolute Gasteiger partial charge is 0.368 e. The molecule has 4 rings (SSSR count). The van der Waals surface area contributed by atoms with Gasteiger partial charge in [-0.1, -0.05) is 23.8 Å². The van der Waals surface area contributed by atoms with Gasteiger partial charge in [0.2, 0.25) is 5.91 Å². The fourth-order valence-corrected chi connectivity index (χ4v) is 4.74. The van der Waals surface area contributed by atoms with Gasteiger partial charge < -0.3 is 10.6 Å². The van der Waals surface area contributed by atoms with Crippen molar-refractivity contribution in [1.29, 1.82) is 5.26 Å². The lowest BCUT2D eigenvalue weighted by molar-refractivity contribution is -0.125. The Morgan fingerprint density at radius 3 is 2.61 bits per heavy atom. The molecule has 0 radical (unpaired) electrons. The van der Waals surface area contributed by atoms with Crippen molar-refractivity contribution in [1.82, 2.24) is 4.98 Å². The number of halogens is 1. The number of hydrogen-bond donors (Lipinski definition) is 1. The molecule has 1 amide bonds. The SMILES string of the molecule is CC(=O)[C@H]1[C@H](c2ccncc2)[C@@](C#N)(C(N)=O)[C@H]2C=Cc3cc(Cl)ccc3N12. The minimum atomic E-state index is -1.61. The molecule has 140 valence electrons. The Morgan fingerprint density at radius 2 is 2.00 bits per heavy atom. The number of hydrogen-bond acceptors (Lipinski definition) is 5. The molecule has 6 nitrogen and oxygen atoms in total. The van der Waals surface area contributed by atoms with Crippen LogP contribution in [0.15, 0.2) is 48.8 Å². The Hall–Kier alpha value is -3.17. The minimum absolute atomic E-state index is 0.151. The number of carbonyl (C=O) groups is 2. The molecular formula is C21H17ClN4O2. The first-order chi connectivity index (χ1) is 13.4. The summed E-state index contributed by atoms with van der Waals surface area (Å²) in [6, 6.07) is 9.55. The van der Waals surface area contributed by atoms with E-state index in [1.807, 2.05) is 17.0 Å². The molecule has 3 heterocycles. The van der Waals surface area contributed by atoms with Crippen molar-refractivity contribution >= 4 is 35.1 Å². The number of anilines is 1. The average molecular weight is 393 g/mol. The monoisotopic (exact) mass is 392 g/mol. The summed E-state index contributed by atoms with van der Waals surface area (Å²) in [5.74, 6) is -1.63. The molecule has 0 spiro atoms. The van der Waals surface area contributed by atoms with Gasteiger partial charge in [0, 0.05) is 29.0 Å². The van der Waals surface area contributed by atoms with Crippen LogP contribution in [0, 0.1) is 16.7 Å². The molecule has 1 aromatic carbocycles. The highest BCUT2D eigenvalue weighted by atomic mass is 35.5. The smallest absolute Gasteiger partial charge is 0.241 e. The number of nitrogens with two attached hydrogens (primary N) is 1. The second kappa shape index (κ2) is 6.47. The number of rotatable bonds is 3. The highest BCUT2D eigenvalue weighted by Crippen LogP contribution is 2.55. The number of carbonyl (C=O) groups excluding carboxylic acids is 2. The van der Waals surface area contributed by atoms with E-state index in [4.69, 9.17) is 17.3 Å². The third kappa shape index (κ3) is 2.36. The topological polar surface area (TPSA) is 100 Å². The van der Waals surface area contributed by atoms with Crippen LogP contribution in [0.1, 0.15) is 24.0 Å². The summed E-state index contributed by atoms with van der Waals surface area (Å²) < 4.78 is 0. The molecular weight excluding hydrogens is 376 g/mol. The zero-order valence-corrected chi connectivity index (χ0v) is 15.8. The van der Waals surface area contributed by atoms with Gasteiger partial charge in [-0.15, -0.1) is 0 Å². The second-order valence-electron chi connectivity index (χ2n) is 7.07. The third-order valence-corrected chi connectivity index (χ3v) is 5.91. The Balaban J connectivity index is 2.03. The maximum absolute atomic E-state index is 12.8. The van der Waals surface area contributed by atoms with E-state index < -0.39 is 29.3 Å². The van der Waals surface area contributed by atoms with E-state index >= 15 is 0 Å². The Kier molecular flexibility index (Phi) is 4.20. The first-order valence-corrected chi connectivity index (χ1v) is 9.17. The van der Waals surface area contributed by atoms with Crippen LogP contribution >= 0.6 is 11.6 Å². The lowest BCUT2D eigenvalue weighted by atomic mass is 9.68. The van der Waals surface area contributed by atoms with Crippen LogP contribution in [-0.4, -0.2) is 28.8 Å². The van der Waals surface area contributed by atoms with Crippen LogP contribution in [0.3, 0.4) is 0 Å². The Labute approximate surface area is 167 Å². The van der Waals surface area contributed by atoms with Gasteiger partial charge in [-0.2, -0.15) is 5.26 Å². The van der Waals surface area contributed by atoms with Crippen LogP contribution < -0.4 is 10.6 Å². The van der Waals surface area contributed by atoms with Crippen molar-refractivity contribution in [3.63, 3.8) is 0 Å². The van der Waals surface area contributed by atoms with Crippen molar-refractivity contribution in [2.75, 3.05) is 4.90 Å². The predicted molar refractivity (Wildman–Crippen MR) is 105 cm³/mol. The Bertz CT molecular complexity index is 1050. The summed E-state index contributed by atoms with van der Waals surface area (Å²) in [7, 11) is 0. The summed E-state index contributed by atoms with van der Waals surface area (Å²) >= 11 is 6.12. The van der Waals surface area contributed by atoms with E-state index in [1.54, 1.807) is 42.7 Å². The van der Waals surface area contributed by atoms with Gasteiger partial charge in [0.1, 0.15) is 0 Å². The number of benzene rings is 1. The van der Waals surface area contributed by atoms with E-state index in [0.29, 0.717) is 10.6 Å². The number of pyridine rings is 1. The summed E-state index contributed by atoms with van der Waals surface area (Å²) in [6.45, 7) is 1.47. The molecule has 0 bridgehead atoms. The zero-order chi connectivity index (χ0) is 20.1. The summed E-state index contributed by atoms with van der Waals surface area (Å²) in [6.07, 6.45) is 6.75. The van der Waals surface area contributed by atoms with E-state index in [-0.39, 0.29) is 5.78 Å². The van der Waals surface area contributed by atoms with Gasteiger partial charge in [-0.25, -0.2) is 0 Å². The average Bonchev–Trinajstić information content (AvgIpc) is 3.00. The summed E-state index contributed by atoms with van der Waals surface area (Å²) in [5.41, 5.74) is 6.45. The normalized spacial score (nSPS) is 27.6. The summed E-state index contributed by atoms with van der Waals surface area (Å²) in [4.78, 5) is 31.4. The minimum Gasteiger partial charge on any atom is -0.368 e. The predicted octanol–water partition coefficient (Wildman–Crippen LogP) is 2.69. The Morgan fingerprint density at radius 1 is 1.29 bits per heavy atom. The van der Waals surface area contributed by atoms with Gasteiger partial charge in [0.15, 0.2) is 11.2 Å². The maximum atomic E-state index is 12.8. The van der Waals surface area contributed by atoms with E-state index in [9.17, 15) is 14.9 Å². The molecule has 0 aliphatic carbocycles. The number of ketones is 1. The molecule has 0 saturated carbocycles. The van der Waals surface area contributed by atoms with Crippen LogP contribution in [0.5, 0.6) is 0 Å². The number of fused-ring (bicyclic) bond motifs is 3. The number of amides is 1. The molecule has 1 aromatic heterocycles. The highest BCUT2D eigenvalue weighted by molar-refractivity contribution is 6.30. The number of nitriles is 1. The van der Waals surface area contributed by atoms with Gasteiger partial charge in [-0.05, 0) is 48.4 Å². The lowest BCUT2D eigenvalue weighted by Crippen LogP contribution is -2.48. The first-order valence-electron chi connectivity index (χ1n) is 8.79. The number of aromatic nitrogens is 1. The molecule has 2 aliphatic heterocycles. The molecule has 4 atom stereocenters. The number of Topliss-reactive ketones (excluding diaryl/α,β-unsaturated/α-hetero) is 1. The van der Waals surface area contributed by atoms with E-state index in [2.05, 4.69) is 11.1 Å². The quantitative estimate of drug-likeness (QED) is 0.865. The first kappa shape index (κ1) is 18.2. The molecule has 0 unspecified atom stereocenters. The molecule has 2 aliphatic rings. The van der Waals surface area contributed by atoms with Crippen LogP contribution in [0.25, 0.3) is 6.08 Å². The molecule has 7 heteroatoms. The lowest BCUT2D eigenvalue weighted by Gasteiger charge is -2.36. The number of nitrogens with zero attached hydrogens (tertiary/aromatic N) is 3. The van der Waals surface area contributed by atoms with Crippen molar-refractivity contribution in [2.45, 2.75) is 24.9 Å². The zero-order valence-electron chi connectivity index (χ0n) is 15.0. The molecule has 2 aromatic rings. The molecule has 2 N–H and O–H groups in total. The van der Waals surface area contributed by atoms with Gasteiger partial charge in [0.25, 0.3) is 0 Å². The van der Waals surface area contributed by atoms with Crippen molar-refractivity contribution in [2.24, 2.45) is 11.1 Å². The van der Waals surface area contributed by atoms with Crippen LogP contribution in [0.4, 0.5) is 5.69 Å².